The predicted octanol–water partition coefficient (Wildman–Crippen LogP) is 4.09. The van der Waals surface area contributed by atoms with Crippen LogP contribution in [0.15, 0.2) is 36.4 Å². The molecule has 0 aliphatic rings. The van der Waals surface area contributed by atoms with Crippen LogP contribution in [0.3, 0.4) is 0 Å². The lowest BCUT2D eigenvalue weighted by Crippen LogP contribution is -2.04. The van der Waals surface area contributed by atoms with Crippen molar-refractivity contribution < 1.29 is 14.6 Å². The Morgan fingerprint density at radius 3 is 2.10 bits per heavy atom. The Balaban J connectivity index is 2.51. The van der Waals surface area contributed by atoms with E-state index in [-0.39, 0.29) is 0 Å². The summed E-state index contributed by atoms with van der Waals surface area (Å²) in [4.78, 5) is 0. The van der Waals surface area contributed by atoms with Crippen LogP contribution in [-0.2, 0) is 0 Å². The van der Waals surface area contributed by atoms with Gasteiger partial charge in [0, 0.05) is 21.2 Å². The second-order valence-electron chi connectivity index (χ2n) is 4.18. The fraction of sp³-hybridized carbons (Fsp3) is 0.200. The number of rotatable bonds is 4. The number of methoxy groups -OCH3 is 2. The van der Waals surface area contributed by atoms with Crippen LogP contribution in [0, 0.1) is 0 Å². The largest absolute Gasteiger partial charge is 0.496 e. The molecule has 0 saturated heterocycles. The molecule has 1 unspecified atom stereocenters. The number of ether oxygens (including phenoxy) is 2. The van der Waals surface area contributed by atoms with Gasteiger partial charge in [0.25, 0.3) is 0 Å². The molecule has 20 heavy (non-hydrogen) atoms. The van der Waals surface area contributed by atoms with E-state index in [1.807, 2.05) is 0 Å². The fourth-order valence-corrected chi connectivity index (χ4v) is 2.34. The van der Waals surface area contributed by atoms with Crippen molar-refractivity contribution in [3.63, 3.8) is 0 Å². The third-order valence-corrected chi connectivity index (χ3v) is 3.45. The monoisotopic (exact) mass is 312 g/mol. The first-order chi connectivity index (χ1) is 9.56. The van der Waals surface area contributed by atoms with Crippen LogP contribution in [0.4, 0.5) is 0 Å². The van der Waals surface area contributed by atoms with E-state index >= 15 is 0 Å². The summed E-state index contributed by atoms with van der Waals surface area (Å²) in [6.45, 7) is 0. The number of aliphatic hydroxyl groups is 1. The molecular weight excluding hydrogens is 299 g/mol. The SMILES string of the molecule is COc1cc(Cl)ccc1C(O)c1cc(Cl)ccc1OC. The van der Waals surface area contributed by atoms with Crippen molar-refractivity contribution in [3.05, 3.63) is 57.6 Å². The molecule has 0 bridgehead atoms. The summed E-state index contributed by atoms with van der Waals surface area (Å²) in [7, 11) is 3.07. The smallest absolute Gasteiger partial charge is 0.126 e. The molecule has 0 fully saturated rings. The van der Waals surface area contributed by atoms with Crippen LogP contribution < -0.4 is 9.47 Å². The molecule has 1 N–H and O–H groups in total. The lowest BCUT2D eigenvalue weighted by Gasteiger charge is -2.18. The van der Waals surface area contributed by atoms with E-state index in [2.05, 4.69) is 0 Å². The molecule has 0 aliphatic carbocycles. The van der Waals surface area contributed by atoms with E-state index in [4.69, 9.17) is 32.7 Å². The van der Waals surface area contributed by atoms with Gasteiger partial charge in [-0.3, -0.25) is 0 Å². The highest BCUT2D eigenvalue weighted by Gasteiger charge is 2.19. The quantitative estimate of drug-likeness (QED) is 0.924. The van der Waals surface area contributed by atoms with E-state index in [9.17, 15) is 5.11 Å². The second-order valence-corrected chi connectivity index (χ2v) is 5.05. The third kappa shape index (κ3) is 3.01. The molecule has 106 valence electrons. The third-order valence-electron chi connectivity index (χ3n) is 2.98. The summed E-state index contributed by atoms with van der Waals surface area (Å²) < 4.78 is 10.5. The summed E-state index contributed by atoms with van der Waals surface area (Å²) in [6, 6.07) is 10.1. The van der Waals surface area contributed by atoms with Crippen molar-refractivity contribution in [3.8, 4) is 11.5 Å². The van der Waals surface area contributed by atoms with Gasteiger partial charge in [-0.25, -0.2) is 0 Å². The molecule has 0 amide bonds. The zero-order chi connectivity index (χ0) is 14.7. The molecule has 3 nitrogen and oxygen atoms in total. The second kappa shape index (κ2) is 6.35. The summed E-state index contributed by atoms with van der Waals surface area (Å²) in [5.41, 5.74) is 1.16. The van der Waals surface area contributed by atoms with Gasteiger partial charge in [0.15, 0.2) is 0 Å². The number of aliphatic hydroxyl groups excluding tert-OH is 1. The molecule has 2 aromatic rings. The molecule has 2 rings (SSSR count). The molecule has 2 aromatic carbocycles. The van der Waals surface area contributed by atoms with E-state index in [1.54, 1.807) is 43.5 Å². The zero-order valence-electron chi connectivity index (χ0n) is 11.1. The summed E-state index contributed by atoms with van der Waals surface area (Å²) in [6.07, 6.45) is -0.920. The molecule has 0 aromatic heterocycles. The molecule has 0 radical (unpaired) electrons. The Hall–Kier alpha value is -1.42. The van der Waals surface area contributed by atoms with Gasteiger partial charge in [-0.2, -0.15) is 0 Å². The highest BCUT2D eigenvalue weighted by molar-refractivity contribution is 6.31. The van der Waals surface area contributed by atoms with Crippen LogP contribution in [0.5, 0.6) is 11.5 Å². The maximum absolute atomic E-state index is 10.6. The van der Waals surface area contributed by atoms with Gasteiger partial charge in [-0.05, 0) is 30.3 Å². The minimum absolute atomic E-state index is 0.507. The van der Waals surface area contributed by atoms with Gasteiger partial charge in [-0.1, -0.05) is 29.3 Å². The van der Waals surface area contributed by atoms with Gasteiger partial charge < -0.3 is 14.6 Å². The van der Waals surface area contributed by atoms with Crippen molar-refractivity contribution in [2.75, 3.05) is 14.2 Å². The van der Waals surface area contributed by atoms with E-state index < -0.39 is 6.10 Å². The van der Waals surface area contributed by atoms with Gasteiger partial charge in [-0.15, -0.1) is 0 Å². The highest BCUT2D eigenvalue weighted by Crippen LogP contribution is 2.37. The van der Waals surface area contributed by atoms with Gasteiger partial charge in [0.1, 0.15) is 17.6 Å². The minimum Gasteiger partial charge on any atom is -0.496 e. The Bertz CT molecular complexity index is 614. The van der Waals surface area contributed by atoms with E-state index in [1.165, 1.54) is 7.11 Å². The fourth-order valence-electron chi connectivity index (χ4n) is 2.00. The first kappa shape index (κ1) is 15.0. The topological polar surface area (TPSA) is 38.7 Å². The van der Waals surface area contributed by atoms with Crippen molar-refractivity contribution in [2.24, 2.45) is 0 Å². The number of halogens is 2. The summed E-state index contributed by atoms with van der Waals surface area (Å²) in [5, 5.41) is 11.6. The molecule has 0 saturated carbocycles. The molecule has 0 spiro atoms. The Morgan fingerprint density at radius 1 is 0.850 bits per heavy atom. The van der Waals surface area contributed by atoms with Crippen molar-refractivity contribution >= 4 is 23.2 Å². The first-order valence-corrected chi connectivity index (χ1v) is 6.67. The van der Waals surface area contributed by atoms with Gasteiger partial charge in [0.05, 0.1) is 14.2 Å². The summed E-state index contributed by atoms with van der Waals surface area (Å²) >= 11 is 11.9. The Labute approximate surface area is 127 Å². The molecule has 0 heterocycles. The summed E-state index contributed by atoms with van der Waals surface area (Å²) in [5.74, 6) is 1.06. The normalized spacial score (nSPS) is 12.1. The number of hydrogen-bond acceptors (Lipinski definition) is 3. The van der Waals surface area contributed by atoms with Crippen LogP contribution >= 0.6 is 23.2 Å². The highest BCUT2D eigenvalue weighted by atomic mass is 35.5. The van der Waals surface area contributed by atoms with Gasteiger partial charge in [0.2, 0.25) is 0 Å². The standard InChI is InChI=1S/C15H14Cl2O3/c1-19-13-6-4-9(16)7-12(13)15(18)11-5-3-10(17)8-14(11)20-2/h3-8,15,18H,1-2H3. The van der Waals surface area contributed by atoms with E-state index in [0.29, 0.717) is 32.7 Å². The maximum atomic E-state index is 10.6. The molecule has 0 aliphatic heterocycles. The lowest BCUT2D eigenvalue weighted by molar-refractivity contribution is 0.209. The maximum Gasteiger partial charge on any atom is 0.126 e. The van der Waals surface area contributed by atoms with Crippen molar-refractivity contribution in [1.82, 2.24) is 0 Å². The molecule has 5 heteroatoms. The van der Waals surface area contributed by atoms with Crippen LogP contribution in [0.25, 0.3) is 0 Å². The van der Waals surface area contributed by atoms with Crippen LogP contribution in [0.1, 0.15) is 17.2 Å². The van der Waals surface area contributed by atoms with Crippen LogP contribution in [0.2, 0.25) is 10.0 Å². The first-order valence-electron chi connectivity index (χ1n) is 5.91. The average molecular weight is 313 g/mol. The van der Waals surface area contributed by atoms with Crippen LogP contribution in [-0.4, -0.2) is 19.3 Å². The predicted molar refractivity (Wildman–Crippen MR) is 80.1 cm³/mol. The average Bonchev–Trinajstić information content (AvgIpc) is 2.46. The minimum atomic E-state index is -0.920. The number of benzene rings is 2. The van der Waals surface area contributed by atoms with Crippen molar-refractivity contribution in [2.45, 2.75) is 6.10 Å². The Kier molecular flexibility index (Phi) is 4.76. The molecule has 1 atom stereocenters. The zero-order valence-corrected chi connectivity index (χ0v) is 12.6. The Morgan fingerprint density at radius 2 is 1.45 bits per heavy atom. The lowest BCUT2D eigenvalue weighted by atomic mass is 10.00. The van der Waals surface area contributed by atoms with E-state index in [0.717, 1.165) is 0 Å². The van der Waals surface area contributed by atoms with Gasteiger partial charge >= 0.3 is 0 Å². The van der Waals surface area contributed by atoms with Crippen molar-refractivity contribution in [1.29, 1.82) is 0 Å². The number of hydrogen-bond donors (Lipinski definition) is 1. The molecular formula is C15H14Cl2O3.